The fourth-order valence-electron chi connectivity index (χ4n) is 3.13. The molecule has 1 amide bonds. The molecule has 0 saturated carbocycles. The molecule has 3 aromatic carbocycles. The number of rotatable bonds is 8. The van der Waals surface area contributed by atoms with Crippen molar-refractivity contribution in [2.24, 2.45) is 0 Å². The van der Waals surface area contributed by atoms with Crippen molar-refractivity contribution in [3.05, 3.63) is 77.4 Å². The van der Waals surface area contributed by atoms with E-state index in [0.717, 1.165) is 17.7 Å². The Hall–Kier alpha value is -4.14. The summed E-state index contributed by atoms with van der Waals surface area (Å²) < 4.78 is 57.4. The van der Waals surface area contributed by atoms with Gasteiger partial charge in [0.1, 0.15) is 23.0 Å². The second kappa shape index (κ2) is 10.7. The van der Waals surface area contributed by atoms with Crippen LogP contribution < -0.4 is 24.3 Å². The lowest BCUT2D eigenvalue weighted by molar-refractivity contribution is -0.274. The van der Waals surface area contributed by atoms with Gasteiger partial charge in [0.05, 0.1) is 26.9 Å². The van der Waals surface area contributed by atoms with Crippen LogP contribution in [0.2, 0.25) is 0 Å². The number of anilines is 1. The lowest BCUT2D eigenvalue weighted by Gasteiger charge is -2.15. The van der Waals surface area contributed by atoms with Gasteiger partial charge in [-0.3, -0.25) is 4.79 Å². The zero-order valence-electron chi connectivity index (χ0n) is 18.6. The number of ether oxygens (including phenoxy) is 4. The molecule has 6 nitrogen and oxygen atoms in total. The van der Waals surface area contributed by atoms with Crippen molar-refractivity contribution >= 4 is 23.7 Å². The second-order valence-electron chi connectivity index (χ2n) is 6.93. The summed E-state index contributed by atoms with van der Waals surface area (Å²) in [7, 11) is 4.46. The quantitative estimate of drug-likeness (QED) is 0.405. The average Bonchev–Trinajstić information content (AvgIpc) is 2.81. The first-order valence-corrected chi connectivity index (χ1v) is 9.97. The zero-order valence-corrected chi connectivity index (χ0v) is 18.6. The van der Waals surface area contributed by atoms with Crippen molar-refractivity contribution in [2.45, 2.75) is 6.36 Å². The number of carbonyl (C=O) groups excluding carboxylic acids is 1. The Morgan fingerprint density at radius 1 is 0.824 bits per heavy atom. The van der Waals surface area contributed by atoms with E-state index < -0.39 is 18.0 Å². The maximum atomic E-state index is 13.2. The first kappa shape index (κ1) is 24.5. The van der Waals surface area contributed by atoms with Crippen LogP contribution in [0.5, 0.6) is 23.0 Å². The Morgan fingerprint density at radius 2 is 1.53 bits per heavy atom. The average molecular weight is 473 g/mol. The van der Waals surface area contributed by atoms with Crippen LogP contribution in [0.15, 0.2) is 60.7 Å². The topological polar surface area (TPSA) is 66.0 Å². The number of benzene rings is 3. The van der Waals surface area contributed by atoms with Gasteiger partial charge in [-0.15, -0.1) is 13.2 Å². The van der Waals surface area contributed by atoms with E-state index in [9.17, 15) is 18.0 Å². The minimum atomic E-state index is -4.85. The summed E-state index contributed by atoms with van der Waals surface area (Å²) in [4.78, 5) is 13.2. The molecule has 3 rings (SSSR count). The SMILES string of the molecule is COc1ccc(/C=C/c2cc(OC)cc(OC)c2C(=O)Nc2cccc(OC(F)(F)F)c2)cc1. The summed E-state index contributed by atoms with van der Waals surface area (Å²) in [5.74, 6) is 0.360. The van der Waals surface area contributed by atoms with Crippen molar-refractivity contribution in [3.8, 4) is 23.0 Å². The molecule has 1 N–H and O–H groups in total. The summed E-state index contributed by atoms with van der Waals surface area (Å²) in [6.45, 7) is 0. The van der Waals surface area contributed by atoms with Crippen LogP contribution >= 0.6 is 0 Å². The van der Waals surface area contributed by atoms with E-state index in [1.165, 1.54) is 26.4 Å². The Kier molecular flexibility index (Phi) is 7.68. The summed E-state index contributed by atoms with van der Waals surface area (Å²) in [5.41, 5.74) is 1.63. The van der Waals surface area contributed by atoms with E-state index in [0.29, 0.717) is 17.1 Å². The summed E-state index contributed by atoms with van der Waals surface area (Å²) in [5, 5.41) is 2.59. The fraction of sp³-hybridized carbons (Fsp3) is 0.160. The predicted octanol–water partition coefficient (Wildman–Crippen LogP) is 6.03. The first-order chi connectivity index (χ1) is 16.2. The summed E-state index contributed by atoms with van der Waals surface area (Å²) in [6.07, 6.45) is -1.34. The van der Waals surface area contributed by atoms with E-state index in [-0.39, 0.29) is 17.0 Å². The predicted molar refractivity (Wildman–Crippen MR) is 123 cm³/mol. The molecule has 0 fully saturated rings. The van der Waals surface area contributed by atoms with Crippen LogP contribution in [-0.2, 0) is 0 Å². The lowest BCUT2D eigenvalue weighted by atomic mass is 10.0. The van der Waals surface area contributed by atoms with Gasteiger partial charge in [-0.25, -0.2) is 0 Å². The molecule has 0 aliphatic heterocycles. The maximum Gasteiger partial charge on any atom is 0.573 e. The van der Waals surface area contributed by atoms with E-state index in [1.54, 1.807) is 43.5 Å². The number of nitrogens with one attached hydrogen (secondary N) is 1. The van der Waals surface area contributed by atoms with Gasteiger partial charge < -0.3 is 24.3 Å². The molecular formula is C25H22F3NO5. The molecule has 0 spiro atoms. The minimum Gasteiger partial charge on any atom is -0.497 e. The molecular weight excluding hydrogens is 451 g/mol. The highest BCUT2D eigenvalue weighted by molar-refractivity contribution is 6.09. The minimum absolute atomic E-state index is 0.120. The van der Waals surface area contributed by atoms with Gasteiger partial charge >= 0.3 is 6.36 Å². The number of methoxy groups -OCH3 is 3. The molecule has 0 saturated heterocycles. The van der Waals surface area contributed by atoms with E-state index in [4.69, 9.17) is 14.2 Å². The van der Waals surface area contributed by atoms with Gasteiger partial charge in [-0.05, 0) is 41.5 Å². The van der Waals surface area contributed by atoms with Crippen molar-refractivity contribution in [3.63, 3.8) is 0 Å². The number of hydrogen-bond donors (Lipinski definition) is 1. The van der Waals surface area contributed by atoms with Gasteiger partial charge in [0.15, 0.2) is 0 Å². The van der Waals surface area contributed by atoms with Crippen molar-refractivity contribution in [2.75, 3.05) is 26.6 Å². The number of halogens is 3. The summed E-state index contributed by atoms with van der Waals surface area (Å²) >= 11 is 0. The van der Waals surface area contributed by atoms with E-state index in [2.05, 4.69) is 10.1 Å². The van der Waals surface area contributed by atoms with Gasteiger partial charge in [0, 0.05) is 17.8 Å². The van der Waals surface area contributed by atoms with Crippen LogP contribution in [-0.4, -0.2) is 33.6 Å². The molecule has 0 aliphatic carbocycles. The number of alkyl halides is 3. The lowest BCUT2D eigenvalue weighted by Crippen LogP contribution is -2.18. The highest BCUT2D eigenvalue weighted by Gasteiger charge is 2.31. The molecule has 0 atom stereocenters. The zero-order chi connectivity index (χ0) is 24.7. The highest BCUT2D eigenvalue weighted by Crippen LogP contribution is 2.32. The largest absolute Gasteiger partial charge is 0.573 e. The summed E-state index contributed by atoms with van der Waals surface area (Å²) in [6, 6.07) is 15.5. The molecule has 3 aromatic rings. The van der Waals surface area contributed by atoms with Crippen LogP contribution in [0, 0.1) is 0 Å². The Morgan fingerprint density at radius 3 is 2.15 bits per heavy atom. The van der Waals surface area contributed by atoms with Crippen LogP contribution in [0.25, 0.3) is 12.2 Å². The van der Waals surface area contributed by atoms with Crippen molar-refractivity contribution in [1.82, 2.24) is 0 Å². The third-order valence-corrected chi connectivity index (χ3v) is 4.69. The Labute approximate surface area is 194 Å². The molecule has 9 heteroatoms. The van der Waals surface area contributed by atoms with E-state index in [1.807, 2.05) is 12.1 Å². The smallest absolute Gasteiger partial charge is 0.497 e. The Balaban J connectivity index is 1.95. The van der Waals surface area contributed by atoms with Crippen LogP contribution in [0.1, 0.15) is 21.5 Å². The normalized spacial score (nSPS) is 11.2. The van der Waals surface area contributed by atoms with Crippen molar-refractivity contribution < 1.29 is 36.9 Å². The highest BCUT2D eigenvalue weighted by atomic mass is 19.4. The number of amides is 1. The van der Waals surface area contributed by atoms with E-state index >= 15 is 0 Å². The van der Waals surface area contributed by atoms with Gasteiger partial charge in [-0.2, -0.15) is 0 Å². The molecule has 0 heterocycles. The second-order valence-corrected chi connectivity index (χ2v) is 6.93. The van der Waals surface area contributed by atoms with Crippen LogP contribution in [0.4, 0.5) is 18.9 Å². The molecule has 0 radical (unpaired) electrons. The third kappa shape index (κ3) is 6.44. The van der Waals surface area contributed by atoms with Gasteiger partial charge in [0.25, 0.3) is 5.91 Å². The molecule has 0 aromatic heterocycles. The number of carbonyl (C=O) groups is 1. The van der Waals surface area contributed by atoms with Gasteiger partial charge in [0.2, 0.25) is 0 Å². The third-order valence-electron chi connectivity index (χ3n) is 4.69. The molecule has 0 aliphatic rings. The van der Waals surface area contributed by atoms with Gasteiger partial charge in [-0.1, -0.05) is 30.4 Å². The first-order valence-electron chi connectivity index (χ1n) is 9.97. The monoisotopic (exact) mass is 473 g/mol. The fourth-order valence-corrected chi connectivity index (χ4v) is 3.13. The van der Waals surface area contributed by atoms with Crippen molar-refractivity contribution in [1.29, 1.82) is 0 Å². The molecule has 178 valence electrons. The Bertz CT molecular complexity index is 1170. The molecule has 0 unspecified atom stereocenters. The molecule has 34 heavy (non-hydrogen) atoms. The van der Waals surface area contributed by atoms with Crippen LogP contribution in [0.3, 0.4) is 0 Å². The molecule has 0 bridgehead atoms. The maximum absolute atomic E-state index is 13.2. The number of hydrogen-bond acceptors (Lipinski definition) is 5. The standard InChI is InChI=1S/C25H22F3NO5/c1-31-19-11-8-16(9-12-19)7-10-17-13-21(32-2)15-22(33-3)23(17)24(30)29-18-5-4-6-20(14-18)34-25(26,27)28/h4-15H,1-3H3,(H,29,30)/b10-7+.